The fraction of sp³-hybridized carbons (Fsp3) is 0.333. The molecule has 9 heteroatoms. The Morgan fingerprint density at radius 1 is 1.15 bits per heavy atom. The molecule has 0 fully saturated rings. The zero-order valence-electron chi connectivity index (χ0n) is 15.5. The third kappa shape index (κ3) is 5.54. The summed E-state index contributed by atoms with van der Waals surface area (Å²) in [6, 6.07) is 8.97. The van der Waals surface area contributed by atoms with E-state index in [0.29, 0.717) is 4.88 Å². The molecule has 2 N–H and O–H groups in total. The number of hydrogen-bond acceptors (Lipinski definition) is 6. The van der Waals surface area contributed by atoms with Gasteiger partial charge in [-0.05, 0) is 51.1 Å². The van der Waals surface area contributed by atoms with Gasteiger partial charge in [0.2, 0.25) is 9.84 Å². The molecule has 0 atom stereocenters. The van der Waals surface area contributed by atoms with Crippen molar-refractivity contribution in [3.8, 4) is 0 Å². The van der Waals surface area contributed by atoms with Crippen molar-refractivity contribution in [2.75, 3.05) is 7.05 Å². The lowest BCUT2D eigenvalue weighted by molar-refractivity contribution is 0.0524. The van der Waals surface area contributed by atoms with Gasteiger partial charge in [0.25, 0.3) is 5.91 Å². The average molecular weight is 411 g/mol. The van der Waals surface area contributed by atoms with Gasteiger partial charge in [0.15, 0.2) is 0 Å². The van der Waals surface area contributed by atoms with Gasteiger partial charge < -0.3 is 15.4 Å². The van der Waals surface area contributed by atoms with Crippen LogP contribution in [0.15, 0.2) is 45.5 Å². The maximum absolute atomic E-state index is 12.8. The summed E-state index contributed by atoms with van der Waals surface area (Å²) in [5.41, 5.74) is -0.342. The summed E-state index contributed by atoms with van der Waals surface area (Å²) in [5, 5.41) is 5.06. The second-order valence-corrected chi connectivity index (χ2v) is 10.0. The molecule has 0 aliphatic rings. The Labute approximate surface area is 162 Å². The number of amides is 2. The fourth-order valence-electron chi connectivity index (χ4n) is 2.14. The maximum Gasteiger partial charge on any atom is 0.407 e. The molecule has 0 unspecified atom stereocenters. The first kappa shape index (κ1) is 20.9. The number of carbonyl (C=O) groups excluding carboxylic acids is 2. The third-order valence-corrected chi connectivity index (χ3v) is 6.67. The average Bonchev–Trinajstić information content (AvgIpc) is 3.08. The van der Waals surface area contributed by atoms with Crippen LogP contribution in [0.1, 0.15) is 36.0 Å². The summed E-state index contributed by atoms with van der Waals surface area (Å²) in [4.78, 5) is 24.1. The summed E-state index contributed by atoms with van der Waals surface area (Å²) in [5.74, 6) is -0.361. The Morgan fingerprint density at radius 2 is 1.85 bits per heavy atom. The molecule has 1 heterocycles. The molecule has 2 amide bonds. The molecule has 0 saturated carbocycles. The highest BCUT2D eigenvalue weighted by molar-refractivity contribution is 7.93. The van der Waals surface area contributed by atoms with E-state index in [1.54, 1.807) is 32.9 Å². The van der Waals surface area contributed by atoms with Crippen LogP contribution in [0, 0.1) is 0 Å². The van der Waals surface area contributed by atoms with E-state index >= 15 is 0 Å². The van der Waals surface area contributed by atoms with Crippen molar-refractivity contribution in [1.82, 2.24) is 10.6 Å². The van der Waals surface area contributed by atoms with E-state index in [1.165, 1.54) is 31.3 Å². The summed E-state index contributed by atoms with van der Waals surface area (Å²) in [7, 11) is -2.28. The van der Waals surface area contributed by atoms with E-state index in [-0.39, 0.29) is 27.1 Å². The summed E-state index contributed by atoms with van der Waals surface area (Å²) < 4.78 is 30.9. The zero-order valence-corrected chi connectivity index (χ0v) is 17.2. The monoisotopic (exact) mass is 410 g/mol. The number of ether oxygens (including phenoxy) is 1. The van der Waals surface area contributed by atoms with Crippen LogP contribution < -0.4 is 10.6 Å². The molecule has 0 aliphatic carbocycles. The molecular weight excluding hydrogens is 388 g/mol. The van der Waals surface area contributed by atoms with Gasteiger partial charge in [-0.1, -0.05) is 6.07 Å². The lowest BCUT2D eigenvalue weighted by Crippen LogP contribution is -2.31. The number of benzene rings is 1. The first-order valence-corrected chi connectivity index (χ1v) is 10.5. The molecule has 1 aromatic carbocycles. The highest BCUT2D eigenvalue weighted by atomic mass is 32.2. The minimum atomic E-state index is -3.76. The van der Waals surface area contributed by atoms with Crippen LogP contribution in [0.25, 0.3) is 0 Å². The lowest BCUT2D eigenvalue weighted by atomic mass is 10.2. The summed E-state index contributed by atoms with van der Waals surface area (Å²) in [6.07, 6.45) is -0.571. The lowest BCUT2D eigenvalue weighted by Gasteiger charge is -2.19. The molecule has 146 valence electrons. The quantitative estimate of drug-likeness (QED) is 0.789. The number of hydrogen-bond donors (Lipinski definition) is 2. The Balaban J connectivity index is 2.15. The molecular formula is C18H22N2O5S2. The second kappa shape index (κ2) is 8.10. The number of rotatable bonds is 5. The van der Waals surface area contributed by atoms with Crippen LogP contribution in [-0.4, -0.2) is 33.1 Å². The molecule has 0 spiro atoms. The van der Waals surface area contributed by atoms with Crippen LogP contribution >= 0.6 is 11.3 Å². The number of thiophene rings is 1. The van der Waals surface area contributed by atoms with Gasteiger partial charge in [0.1, 0.15) is 9.81 Å². The van der Waals surface area contributed by atoms with Crippen molar-refractivity contribution in [3.63, 3.8) is 0 Å². The SMILES string of the molecule is CNC(=O)c1cccc(S(=O)(=O)c2ccc(CNC(=O)OC(C)(C)C)s2)c1. The molecule has 7 nitrogen and oxygen atoms in total. The van der Waals surface area contributed by atoms with E-state index in [0.717, 1.165) is 11.3 Å². The van der Waals surface area contributed by atoms with Gasteiger partial charge in [-0.3, -0.25) is 4.79 Å². The molecule has 0 radical (unpaired) electrons. The predicted octanol–water partition coefficient (Wildman–Crippen LogP) is 2.97. The molecule has 0 bridgehead atoms. The van der Waals surface area contributed by atoms with Gasteiger partial charge >= 0.3 is 6.09 Å². The maximum atomic E-state index is 12.8. The highest BCUT2D eigenvalue weighted by Gasteiger charge is 2.22. The van der Waals surface area contributed by atoms with Crippen molar-refractivity contribution in [2.45, 2.75) is 42.0 Å². The van der Waals surface area contributed by atoms with E-state index in [4.69, 9.17) is 4.74 Å². The van der Waals surface area contributed by atoms with E-state index in [2.05, 4.69) is 10.6 Å². The van der Waals surface area contributed by atoms with Crippen molar-refractivity contribution >= 4 is 33.2 Å². The molecule has 27 heavy (non-hydrogen) atoms. The Bertz CT molecular complexity index is 943. The normalized spacial score (nSPS) is 11.7. The molecule has 1 aromatic heterocycles. The summed E-state index contributed by atoms with van der Waals surface area (Å²) >= 11 is 1.06. The predicted molar refractivity (Wildman–Crippen MR) is 103 cm³/mol. The Hall–Kier alpha value is -2.39. The molecule has 0 aliphatic heterocycles. The zero-order chi connectivity index (χ0) is 20.2. The Morgan fingerprint density at radius 3 is 2.48 bits per heavy atom. The van der Waals surface area contributed by atoms with Crippen LogP contribution in [-0.2, 0) is 21.1 Å². The van der Waals surface area contributed by atoms with Crippen LogP contribution in [0.4, 0.5) is 4.79 Å². The molecule has 0 saturated heterocycles. The first-order valence-electron chi connectivity index (χ1n) is 8.16. The van der Waals surface area contributed by atoms with Crippen molar-refractivity contribution in [1.29, 1.82) is 0 Å². The molecule has 2 aromatic rings. The first-order chi connectivity index (χ1) is 12.5. The Kier molecular flexibility index (Phi) is 6.27. The van der Waals surface area contributed by atoms with E-state index < -0.39 is 21.5 Å². The van der Waals surface area contributed by atoms with Crippen molar-refractivity contribution in [3.05, 3.63) is 46.8 Å². The topological polar surface area (TPSA) is 102 Å². The van der Waals surface area contributed by atoms with Gasteiger partial charge in [0, 0.05) is 17.5 Å². The smallest absolute Gasteiger partial charge is 0.407 e. The minimum Gasteiger partial charge on any atom is -0.444 e. The standard InChI is InChI=1S/C18H22N2O5S2/c1-18(2,3)25-17(22)20-11-13-8-9-15(26-13)27(23,24)14-7-5-6-12(10-14)16(21)19-4/h5-10H,11H2,1-4H3,(H,19,21)(H,20,22). The number of carbonyl (C=O) groups is 2. The van der Waals surface area contributed by atoms with E-state index in [9.17, 15) is 18.0 Å². The van der Waals surface area contributed by atoms with Crippen molar-refractivity contribution < 1.29 is 22.7 Å². The van der Waals surface area contributed by atoms with Crippen LogP contribution in [0.3, 0.4) is 0 Å². The number of nitrogens with one attached hydrogen (secondary N) is 2. The van der Waals surface area contributed by atoms with Gasteiger partial charge in [0.05, 0.1) is 11.4 Å². The largest absolute Gasteiger partial charge is 0.444 e. The fourth-order valence-corrected chi connectivity index (χ4v) is 4.88. The third-order valence-electron chi connectivity index (χ3n) is 3.34. The van der Waals surface area contributed by atoms with E-state index in [1.807, 2.05) is 0 Å². The van der Waals surface area contributed by atoms with Gasteiger partial charge in [-0.2, -0.15) is 0 Å². The minimum absolute atomic E-state index is 0.0390. The summed E-state index contributed by atoms with van der Waals surface area (Å²) in [6.45, 7) is 5.44. The number of alkyl carbamates (subject to hydrolysis) is 1. The number of sulfone groups is 1. The van der Waals surface area contributed by atoms with Crippen LogP contribution in [0.2, 0.25) is 0 Å². The van der Waals surface area contributed by atoms with Crippen molar-refractivity contribution in [2.24, 2.45) is 0 Å². The second-order valence-electron chi connectivity index (χ2n) is 6.69. The highest BCUT2D eigenvalue weighted by Crippen LogP contribution is 2.28. The van der Waals surface area contributed by atoms with Crippen LogP contribution in [0.5, 0.6) is 0 Å². The van der Waals surface area contributed by atoms with Gasteiger partial charge in [-0.25, -0.2) is 13.2 Å². The molecule has 2 rings (SSSR count). The van der Waals surface area contributed by atoms with Gasteiger partial charge in [-0.15, -0.1) is 11.3 Å².